The largest absolute Gasteiger partial charge is 0.573 e. The topological polar surface area (TPSA) is 65.4 Å². The molecule has 0 aromatic heterocycles. The number of nitrogens with zero attached hydrogens (tertiary/aromatic N) is 2. The first-order valence-corrected chi connectivity index (χ1v) is 12.7. The van der Waals surface area contributed by atoms with Crippen LogP contribution in [0.3, 0.4) is 0 Å². The molecule has 1 amide bonds. The van der Waals surface area contributed by atoms with Crippen molar-refractivity contribution in [3.8, 4) is 11.8 Å². The van der Waals surface area contributed by atoms with Crippen molar-refractivity contribution in [1.82, 2.24) is 4.90 Å². The van der Waals surface area contributed by atoms with Crippen molar-refractivity contribution in [3.05, 3.63) is 94.0 Å². The summed E-state index contributed by atoms with van der Waals surface area (Å²) in [5.74, 6) is -0.0912. The van der Waals surface area contributed by atoms with E-state index in [2.05, 4.69) is 16.1 Å². The summed E-state index contributed by atoms with van der Waals surface area (Å²) in [7, 11) is 0. The first-order valence-electron chi connectivity index (χ1n) is 12.4. The standard InChI is InChI=1S/C29H27ClF3N3O2/c30-26-17-23(27(35-15-14-34)18-25(26)21-7-4-8-21)19-36(28(37)22-5-2-1-3-6-22)16-13-20-9-11-24(12-10-20)38-29(31,32)33/h1-3,5-6,9-12,17-18,21,35H,4,7-8,13,15-16,19H2. The van der Waals surface area contributed by atoms with Gasteiger partial charge in [-0.2, -0.15) is 5.26 Å². The number of halogens is 4. The third-order valence-corrected chi connectivity index (χ3v) is 6.95. The number of hydrogen-bond acceptors (Lipinski definition) is 4. The maximum atomic E-state index is 13.5. The van der Waals surface area contributed by atoms with Gasteiger partial charge in [0.25, 0.3) is 5.91 Å². The molecule has 9 heteroatoms. The quantitative estimate of drug-likeness (QED) is 0.273. The van der Waals surface area contributed by atoms with E-state index in [1.54, 1.807) is 41.3 Å². The van der Waals surface area contributed by atoms with Crippen molar-refractivity contribution in [2.24, 2.45) is 0 Å². The van der Waals surface area contributed by atoms with Crippen molar-refractivity contribution >= 4 is 23.2 Å². The van der Waals surface area contributed by atoms with Crippen LogP contribution in [0.25, 0.3) is 0 Å². The number of nitrogens with one attached hydrogen (secondary N) is 1. The SMILES string of the molecule is N#CCNc1cc(C2CCC2)c(Cl)cc1CN(CCc1ccc(OC(F)(F)F)cc1)C(=O)c1ccccc1. The highest BCUT2D eigenvalue weighted by molar-refractivity contribution is 6.31. The molecule has 0 unspecified atom stereocenters. The highest BCUT2D eigenvalue weighted by atomic mass is 35.5. The van der Waals surface area contributed by atoms with Crippen LogP contribution in [0.5, 0.6) is 5.75 Å². The van der Waals surface area contributed by atoms with Crippen molar-refractivity contribution in [2.75, 3.05) is 18.4 Å². The van der Waals surface area contributed by atoms with Crippen molar-refractivity contribution in [1.29, 1.82) is 5.26 Å². The van der Waals surface area contributed by atoms with Gasteiger partial charge in [-0.1, -0.05) is 48.4 Å². The minimum Gasteiger partial charge on any atom is -0.406 e. The lowest BCUT2D eigenvalue weighted by molar-refractivity contribution is -0.274. The lowest BCUT2D eigenvalue weighted by atomic mass is 9.79. The molecule has 0 saturated heterocycles. The second-order valence-electron chi connectivity index (χ2n) is 9.20. The summed E-state index contributed by atoms with van der Waals surface area (Å²) >= 11 is 6.67. The Morgan fingerprint density at radius 3 is 2.42 bits per heavy atom. The molecule has 198 valence electrons. The van der Waals surface area contributed by atoms with Gasteiger partial charge in [0, 0.05) is 29.4 Å². The lowest BCUT2D eigenvalue weighted by Crippen LogP contribution is -2.33. The average Bonchev–Trinajstić information content (AvgIpc) is 2.86. The molecule has 4 rings (SSSR count). The van der Waals surface area contributed by atoms with Crippen LogP contribution in [0.15, 0.2) is 66.7 Å². The van der Waals surface area contributed by atoms with Crippen LogP contribution in [0, 0.1) is 11.3 Å². The van der Waals surface area contributed by atoms with Gasteiger partial charge in [-0.25, -0.2) is 0 Å². The number of rotatable bonds is 10. The summed E-state index contributed by atoms with van der Waals surface area (Å²) in [4.78, 5) is 15.2. The number of nitriles is 1. The highest BCUT2D eigenvalue weighted by Gasteiger charge is 2.31. The van der Waals surface area contributed by atoms with E-state index in [4.69, 9.17) is 16.9 Å². The van der Waals surface area contributed by atoms with Crippen LogP contribution < -0.4 is 10.1 Å². The number of ether oxygens (including phenoxy) is 1. The van der Waals surface area contributed by atoms with Gasteiger partial charge >= 0.3 is 6.36 Å². The zero-order chi connectivity index (χ0) is 27.1. The molecular weight excluding hydrogens is 515 g/mol. The normalized spacial score (nSPS) is 13.3. The van der Waals surface area contributed by atoms with E-state index in [0.29, 0.717) is 29.5 Å². The Morgan fingerprint density at radius 2 is 1.82 bits per heavy atom. The molecule has 0 bridgehead atoms. The molecule has 3 aromatic rings. The Hall–Kier alpha value is -3.70. The van der Waals surface area contributed by atoms with E-state index in [9.17, 15) is 18.0 Å². The fourth-order valence-electron chi connectivity index (χ4n) is 4.44. The first-order chi connectivity index (χ1) is 18.2. The molecule has 0 spiro atoms. The van der Waals surface area contributed by atoms with Crippen LogP contribution in [0.1, 0.15) is 52.2 Å². The third-order valence-electron chi connectivity index (χ3n) is 6.62. The monoisotopic (exact) mass is 541 g/mol. The van der Waals surface area contributed by atoms with Crippen molar-refractivity contribution < 1.29 is 22.7 Å². The van der Waals surface area contributed by atoms with E-state index in [0.717, 1.165) is 41.6 Å². The second kappa shape index (κ2) is 12.2. The first kappa shape index (κ1) is 27.3. The van der Waals surface area contributed by atoms with E-state index in [1.165, 1.54) is 12.1 Å². The summed E-state index contributed by atoms with van der Waals surface area (Å²) in [6, 6.07) is 20.4. The summed E-state index contributed by atoms with van der Waals surface area (Å²) in [6.07, 6.45) is -1.04. The van der Waals surface area contributed by atoms with Crippen LogP contribution in [-0.4, -0.2) is 30.3 Å². The van der Waals surface area contributed by atoms with Crippen molar-refractivity contribution in [2.45, 2.75) is 44.5 Å². The number of anilines is 1. The molecule has 5 nitrogen and oxygen atoms in total. The molecule has 0 radical (unpaired) electrons. The molecule has 0 aliphatic heterocycles. The van der Waals surface area contributed by atoms with Gasteiger partial charge in [0.15, 0.2) is 0 Å². The van der Waals surface area contributed by atoms with Gasteiger partial charge < -0.3 is 15.0 Å². The van der Waals surface area contributed by atoms with E-state index in [-0.39, 0.29) is 24.7 Å². The minimum absolute atomic E-state index is 0.109. The second-order valence-corrected chi connectivity index (χ2v) is 9.61. The van der Waals surface area contributed by atoms with E-state index >= 15 is 0 Å². The molecule has 38 heavy (non-hydrogen) atoms. The Bertz CT molecular complexity index is 1290. The molecule has 1 fully saturated rings. The summed E-state index contributed by atoms with van der Waals surface area (Å²) < 4.78 is 41.4. The number of carbonyl (C=O) groups excluding carboxylic acids is 1. The molecule has 1 aliphatic rings. The third kappa shape index (κ3) is 7.20. The van der Waals surface area contributed by atoms with Gasteiger partial charge in [0.1, 0.15) is 12.3 Å². The molecule has 0 heterocycles. The predicted molar refractivity (Wildman–Crippen MR) is 140 cm³/mol. The average molecular weight is 542 g/mol. The number of benzene rings is 3. The molecule has 3 aromatic carbocycles. The summed E-state index contributed by atoms with van der Waals surface area (Å²) in [5, 5.41) is 12.9. The van der Waals surface area contributed by atoms with Gasteiger partial charge in [0.05, 0.1) is 6.07 Å². The Balaban J connectivity index is 1.58. The van der Waals surface area contributed by atoms with Gasteiger partial charge in [-0.3, -0.25) is 4.79 Å². The predicted octanol–water partition coefficient (Wildman–Crippen LogP) is 7.33. The smallest absolute Gasteiger partial charge is 0.406 e. The Kier molecular flexibility index (Phi) is 8.80. The van der Waals surface area contributed by atoms with Crippen LogP contribution >= 0.6 is 11.6 Å². The van der Waals surface area contributed by atoms with Crippen LogP contribution in [0.4, 0.5) is 18.9 Å². The molecule has 1 aliphatic carbocycles. The van der Waals surface area contributed by atoms with Gasteiger partial charge in [0.2, 0.25) is 0 Å². The number of hydrogen-bond donors (Lipinski definition) is 1. The van der Waals surface area contributed by atoms with Crippen molar-refractivity contribution in [3.63, 3.8) is 0 Å². The summed E-state index contributed by atoms with van der Waals surface area (Å²) in [5.41, 5.74) is 3.87. The maximum Gasteiger partial charge on any atom is 0.573 e. The number of alkyl halides is 3. The fraction of sp³-hybridized carbons (Fsp3) is 0.310. The lowest BCUT2D eigenvalue weighted by Gasteiger charge is -2.29. The minimum atomic E-state index is -4.76. The zero-order valence-corrected chi connectivity index (χ0v) is 21.4. The zero-order valence-electron chi connectivity index (χ0n) is 20.6. The molecular formula is C29H27ClF3N3O2. The summed E-state index contributed by atoms with van der Waals surface area (Å²) in [6.45, 7) is 0.659. The highest BCUT2D eigenvalue weighted by Crippen LogP contribution is 2.42. The van der Waals surface area contributed by atoms with Crippen LogP contribution in [0.2, 0.25) is 5.02 Å². The molecule has 1 saturated carbocycles. The Morgan fingerprint density at radius 1 is 1.11 bits per heavy atom. The van der Waals surface area contributed by atoms with E-state index in [1.807, 2.05) is 18.2 Å². The number of carbonyl (C=O) groups is 1. The van der Waals surface area contributed by atoms with Gasteiger partial charge in [-0.05, 0) is 78.3 Å². The fourth-order valence-corrected chi connectivity index (χ4v) is 4.78. The Labute approximate surface area is 224 Å². The molecule has 1 N–H and O–H groups in total. The molecule has 0 atom stereocenters. The number of amides is 1. The van der Waals surface area contributed by atoms with Gasteiger partial charge in [-0.15, -0.1) is 13.2 Å². The van der Waals surface area contributed by atoms with E-state index < -0.39 is 6.36 Å². The maximum absolute atomic E-state index is 13.5. The van der Waals surface area contributed by atoms with Crippen LogP contribution in [-0.2, 0) is 13.0 Å².